The molecule has 0 aliphatic rings. The first-order valence-corrected chi connectivity index (χ1v) is 4.04. The Morgan fingerprint density at radius 2 is 2.46 bits per heavy atom. The second-order valence-electron chi connectivity index (χ2n) is 2.54. The second-order valence-corrected chi connectivity index (χ2v) is 2.54. The molecule has 5 nitrogen and oxygen atoms in total. The lowest BCUT2D eigenvalue weighted by atomic mass is 10.1. The van der Waals surface area contributed by atoms with E-state index in [9.17, 15) is 5.11 Å². The average Bonchev–Trinajstić information content (AvgIpc) is 2.12. The number of allylic oxidation sites excluding steroid dienone is 1. The molecule has 1 N–H and O–H groups in total. The van der Waals surface area contributed by atoms with Crippen molar-refractivity contribution in [3.8, 4) is 6.07 Å². The van der Waals surface area contributed by atoms with Crippen LogP contribution in [0.25, 0.3) is 10.4 Å². The molecule has 0 aromatic carbocycles. The van der Waals surface area contributed by atoms with Gasteiger partial charge in [0, 0.05) is 11.0 Å². The van der Waals surface area contributed by atoms with Crippen molar-refractivity contribution >= 4 is 0 Å². The summed E-state index contributed by atoms with van der Waals surface area (Å²) in [4.78, 5) is 2.60. The molecule has 0 aromatic heterocycles. The fourth-order valence-corrected chi connectivity index (χ4v) is 0.911. The van der Waals surface area contributed by atoms with Crippen LogP contribution in [0, 0.1) is 11.3 Å². The molecule has 2 atom stereocenters. The van der Waals surface area contributed by atoms with E-state index >= 15 is 0 Å². The molecule has 0 amide bonds. The van der Waals surface area contributed by atoms with Gasteiger partial charge in [0.2, 0.25) is 0 Å². The second kappa shape index (κ2) is 7.17. The molecule has 0 unspecified atom stereocenters. The number of rotatable bonds is 5. The van der Waals surface area contributed by atoms with E-state index in [0.717, 1.165) is 6.42 Å². The van der Waals surface area contributed by atoms with Crippen LogP contribution >= 0.6 is 0 Å². The zero-order valence-corrected chi connectivity index (χ0v) is 7.46. The number of hydrogen-bond donors (Lipinski definition) is 1. The molecule has 0 saturated carbocycles. The Bertz CT molecular complexity index is 249. The summed E-state index contributed by atoms with van der Waals surface area (Å²) in [6.07, 6.45) is 3.27. The standard InChI is InChI=1S/C8H12N4O/c1-2-4-8(13)7(11-12-10)5-3-6-9/h3,5,7-8,13H,2,4H2,1H3/b5-3+/t7-,8+/m1/s1. The number of aliphatic hydroxyl groups excluding tert-OH is 1. The third-order valence-corrected chi connectivity index (χ3v) is 1.53. The zero-order chi connectivity index (χ0) is 10.1. The van der Waals surface area contributed by atoms with Crippen molar-refractivity contribution in [1.29, 1.82) is 5.26 Å². The van der Waals surface area contributed by atoms with Gasteiger partial charge in [0.25, 0.3) is 0 Å². The third kappa shape index (κ3) is 4.86. The highest BCUT2D eigenvalue weighted by molar-refractivity contribution is 5.08. The number of nitrogens with zero attached hydrogens (tertiary/aromatic N) is 4. The molecule has 0 radical (unpaired) electrons. The van der Waals surface area contributed by atoms with Gasteiger partial charge in [-0.1, -0.05) is 24.5 Å². The Balaban J connectivity index is 4.33. The predicted molar refractivity (Wildman–Crippen MR) is 48.6 cm³/mol. The van der Waals surface area contributed by atoms with Gasteiger partial charge in [-0.05, 0) is 12.0 Å². The average molecular weight is 180 g/mol. The van der Waals surface area contributed by atoms with Crippen LogP contribution < -0.4 is 0 Å². The normalized spacial score (nSPS) is 14.5. The molecule has 0 saturated heterocycles. The molecule has 70 valence electrons. The number of azide groups is 1. The van der Waals surface area contributed by atoms with Crippen LogP contribution in [-0.4, -0.2) is 17.3 Å². The monoisotopic (exact) mass is 180 g/mol. The molecule has 5 heteroatoms. The molecule has 0 aliphatic carbocycles. The highest BCUT2D eigenvalue weighted by Gasteiger charge is 2.12. The number of hydrogen-bond acceptors (Lipinski definition) is 3. The largest absolute Gasteiger partial charge is 0.392 e. The van der Waals surface area contributed by atoms with E-state index in [-0.39, 0.29) is 0 Å². The lowest BCUT2D eigenvalue weighted by Gasteiger charge is -2.12. The minimum Gasteiger partial charge on any atom is -0.392 e. The van der Waals surface area contributed by atoms with Gasteiger partial charge < -0.3 is 5.11 Å². The Hall–Kier alpha value is -1.50. The smallest absolute Gasteiger partial charge is 0.0908 e. The van der Waals surface area contributed by atoms with E-state index in [4.69, 9.17) is 10.8 Å². The topological polar surface area (TPSA) is 92.8 Å². The van der Waals surface area contributed by atoms with Gasteiger partial charge in [-0.2, -0.15) is 5.26 Å². The first kappa shape index (κ1) is 11.5. The van der Waals surface area contributed by atoms with Crippen molar-refractivity contribution in [3.63, 3.8) is 0 Å². The van der Waals surface area contributed by atoms with Gasteiger partial charge in [-0.25, -0.2) is 0 Å². The molecule has 0 aliphatic heterocycles. The van der Waals surface area contributed by atoms with Crippen molar-refractivity contribution in [2.45, 2.75) is 31.9 Å². The van der Waals surface area contributed by atoms with Gasteiger partial charge >= 0.3 is 0 Å². The van der Waals surface area contributed by atoms with Gasteiger partial charge in [0.05, 0.1) is 18.2 Å². The molecule has 0 bridgehead atoms. The first-order valence-electron chi connectivity index (χ1n) is 4.04. The van der Waals surface area contributed by atoms with Crippen molar-refractivity contribution in [3.05, 3.63) is 22.6 Å². The Labute approximate surface area is 76.9 Å². The van der Waals surface area contributed by atoms with Crippen LogP contribution in [-0.2, 0) is 0 Å². The maximum absolute atomic E-state index is 9.44. The van der Waals surface area contributed by atoms with Gasteiger partial charge in [-0.3, -0.25) is 0 Å². The summed E-state index contributed by atoms with van der Waals surface area (Å²) in [5.74, 6) is 0. The lowest BCUT2D eigenvalue weighted by molar-refractivity contribution is 0.150. The van der Waals surface area contributed by atoms with E-state index in [1.54, 1.807) is 6.07 Å². The van der Waals surface area contributed by atoms with Crippen LogP contribution in [0.1, 0.15) is 19.8 Å². The van der Waals surface area contributed by atoms with Gasteiger partial charge in [-0.15, -0.1) is 0 Å². The van der Waals surface area contributed by atoms with E-state index in [0.29, 0.717) is 6.42 Å². The van der Waals surface area contributed by atoms with Gasteiger partial charge in [0.15, 0.2) is 0 Å². The molecular weight excluding hydrogens is 168 g/mol. The highest BCUT2D eigenvalue weighted by atomic mass is 16.3. The summed E-state index contributed by atoms with van der Waals surface area (Å²) in [5.41, 5.74) is 8.18. The van der Waals surface area contributed by atoms with E-state index < -0.39 is 12.1 Å². The fraction of sp³-hybridized carbons (Fsp3) is 0.625. The highest BCUT2D eigenvalue weighted by Crippen LogP contribution is 2.07. The van der Waals surface area contributed by atoms with Crippen LogP contribution in [0.2, 0.25) is 0 Å². The summed E-state index contributed by atoms with van der Waals surface area (Å²) in [7, 11) is 0. The summed E-state index contributed by atoms with van der Waals surface area (Å²) in [5, 5.41) is 21.1. The third-order valence-electron chi connectivity index (χ3n) is 1.53. The lowest BCUT2D eigenvalue weighted by Crippen LogP contribution is -2.21. The van der Waals surface area contributed by atoms with Gasteiger partial charge in [0.1, 0.15) is 0 Å². The molecule has 0 rings (SSSR count). The van der Waals surface area contributed by atoms with Crippen molar-refractivity contribution in [2.24, 2.45) is 5.11 Å². The maximum Gasteiger partial charge on any atom is 0.0908 e. The van der Waals surface area contributed by atoms with Crippen LogP contribution in [0.5, 0.6) is 0 Å². The van der Waals surface area contributed by atoms with E-state index in [1.165, 1.54) is 12.2 Å². The Morgan fingerprint density at radius 1 is 1.77 bits per heavy atom. The van der Waals surface area contributed by atoms with E-state index in [1.807, 2.05) is 6.92 Å². The van der Waals surface area contributed by atoms with Crippen molar-refractivity contribution in [2.75, 3.05) is 0 Å². The minimum atomic E-state index is -0.703. The molecule has 0 spiro atoms. The molecular formula is C8H12N4O. The molecule has 0 fully saturated rings. The van der Waals surface area contributed by atoms with Crippen LogP contribution in [0.15, 0.2) is 17.3 Å². The SMILES string of the molecule is CCC[C@H](O)[C@@H](/C=C/C#N)N=[N+]=[N-]. The summed E-state index contributed by atoms with van der Waals surface area (Å²) in [6.45, 7) is 1.92. The Morgan fingerprint density at radius 3 is 2.92 bits per heavy atom. The van der Waals surface area contributed by atoms with Crippen molar-refractivity contribution < 1.29 is 5.11 Å². The number of aliphatic hydroxyl groups is 1. The molecule has 13 heavy (non-hydrogen) atoms. The summed E-state index contributed by atoms with van der Waals surface area (Å²) >= 11 is 0. The van der Waals surface area contributed by atoms with Crippen LogP contribution in [0.4, 0.5) is 0 Å². The summed E-state index contributed by atoms with van der Waals surface area (Å²) < 4.78 is 0. The summed E-state index contributed by atoms with van der Waals surface area (Å²) in [6, 6.07) is 1.14. The Kier molecular flexibility index (Phi) is 6.34. The maximum atomic E-state index is 9.44. The van der Waals surface area contributed by atoms with Crippen molar-refractivity contribution in [1.82, 2.24) is 0 Å². The first-order chi connectivity index (χ1) is 6.26. The predicted octanol–water partition coefficient (Wildman–Crippen LogP) is 1.91. The number of nitriles is 1. The van der Waals surface area contributed by atoms with E-state index in [2.05, 4.69) is 10.0 Å². The zero-order valence-electron chi connectivity index (χ0n) is 7.46. The fourth-order valence-electron chi connectivity index (χ4n) is 0.911. The quantitative estimate of drug-likeness (QED) is 0.303. The van der Waals surface area contributed by atoms with Crippen LogP contribution in [0.3, 0.4) is 0 Å². The molecule has 0 aromatic rings. The molecule has 0 heterocycles. The minimum absolute atomic E-state index is 0.555.